The zero-order valence-electron chi connectivity index (χ0n) is 7.60. The van der Waals surface area contributed by atoms with Crippen LogP contribution in [0.15, 0.2) is 0 Å². The molecule has 0 aliphatic heterocycles. The van der Waals surface area contributed by atoms with Crippen LogP contribution in [0.1, 0.15) is 13.8 Å². The van der Waals surface area contributed by atoms with E-state index < -0.39 is 22.7 Å². The zero-order chi connectivity index (χ0) is 10.6. The summed E-state index contributed by atoms with van der Waals surface area (Å²) in [5.41, 5.74) is 0. The molecule has 0 saturated carbocycles. The van der Waals surface area contributed by atoms with Gasteiger partial charge in [-0.25, -0.2) is 5.14 Å². The Hall–Kier alpha value is -0.660. The fraction of sp³-hybridized carbons (Fsp3) is 0.833. The number of carboxylic acid groups (broad SMARTS) is 1. The molecule has 0 atom stereocenters. The molecule has 0 aromatic heterocycles. The number of carbonyl (C=O) groups is 1. The van der Waals surface area contributed by atoms with Gasteiger partial charge in [0.25, 0.3) is 10.2 Å². The second-order valence-electron chi connectivity index (χ2n) is 3.13. The van der Waals surface area contributed by atoms with Crippen molar-refractivity contribution in [2.75, 3.05) is 13.1 Å². The third kappa shape index (κ3) is 5.56. The first kappa shape index (κ1) is 12.3. The van der Waals surface area contributed by atoms with E-state index in [9.17, 15) is 13.2 Å². The van der Waals surface area contributed by atoms with E-state index in [1.54, 1.807) is 13.8 Å². The molecular weight excluding hydrogens is 196 g/mol. The molecule has 13 heavy (non-hydrogen) atoms. The summed E-state index contributed by atoms with van der Waals surface area (Å²) in [6.07, 6.45) is 0. The monoisotopic (exact) mass is 210 g/mol. The summed E-state index contributed by atoms with van der Waals surface area (Å²) in [5, 5.41) is 13.2. The van der Waals surface area contributed by atoms with Gasteiger partial charge in [-0.2, -0.15) is 12.7 Å². The van der Waals surface area contributed by atoms with Gasteiger partial charge >= 0.3 is 5.97 Å². The Bertz CT molecular complexity index is 272. The summed E-state index contributed by atoms with van der Waals surface area (Å²) in [6.45, 7) is 3.09. The van der Waals surface area contributed by atoms with Crippen molar-refractivity contribution in [3.05, 3.63) is 0 Å². The summed E-state index contributed by atoms with van der Waals surface area (Å²) >= 11 is 0. The average molecular weight is 210 g/mol. The van der Waals surface area contributed by atoms with Crippen molar-refractivity contribution in [2.45, 2.75) is 13.8 Å². The third-order valence-electron chi connectivity index (χ3n) is 1.24. The van der Waals surface area contributed by atoms with E-state index in [0.717, 1.165) is 4.31 Å². The summed E-state index contributed by atoms with van der Waals surface area (Å²) in [5.74, 6) is -1.17. The Morgan fingerprint density at radius 1 is 1.54 bits per heavy atom. The second-order valence-corrected chi connectivity index (χ2v) is 4.67. The van der Waals surface area contributed by atoms with Crippen LogP contribution in [0.4, 0.5) is 0 Å². The van der Waals surface area contributed by atoms with Crippen molar-refractivity contribution in [1.82, 2.24) is 4.31 Å². The average Bonchev–Trinajstić information content (AvgIpc) is 1.81. The molecule has 0 aliphatic rings. The van der Waals surface area contributed by atoms with Crippen LogP contribution in [0.2, 0.25) is 0 Å². The number of nitrogens with two attached hydrogens (primary N) is 1. The molecule has 0 rings (SSSR count). The normalized spacial score (nSPS) is 12.4. The van der Waals surface area contributed by atoms with Crippen molar-refractivity contribution < 1.29 is 18.3 Å². The van der Waals surface area contributed by atoms with Crippen molar-refractivity contribution in [3.8, 4) is 0 Å². The standard InChI is InChI=1S/C6H14N2O4S/c1-5(2)3-8(4-6(9)10)13(7,11)12/h5H,3-4H2,1-2H3,(H,9,10)(H2,7,11,12). The van der Waals surface area contributed by atoms with Gasteiger partial charge in [0.05, 0.1) is 0 Å². The molecular formula is C6H14N2O4S. The van der Waals surface area contributed by atoms with Gasteiger partial charge in [0.1, 0.15) is 6.54 Å². The molecule has 0 aliphatic carbocycles. The second kappa shape index (κ2) is 4.54. The molecule has 0 amide bonds. The van der Waals surface area contributed by atoms with Crippen LogP contribution in [0, 0.1) is 5.92 Å². The molecule has 0 saturated heterocycles. The number of hydrogen-bond acceptors (Lipinski definition) is 3. The van der Waals surface area contributed by atoms with E-state index in [1.807, 2.05) is 0 Å². The first-order chi connectivity index (χ1) is 5.73. The quantitative estimate of drug-likeness (QED) is 0.622. The Kier molecular flexibility index (Phi) is 4.31. The van der Waals surface area contributed by atoms with E-state index in [2.05, 4.69) is 0 Å². The highest BCUT2D eigenvalue weighted by molar-refractivity contribution is 7.86. The van der Waals surface area contributed by atoms with Crippen LogP contribution in [0.3, 0.4) is 0 Å². The van der Waals surface area contributed by atoms with E-state index in [4.69, 9.17) is 10.2 Å². The van der Waals surface area contributed by atoms with Crippen LogP contribution in [-0.4, -0.2) is 36.9 Å². The summed E-state index contributed by atoms with van der Waals surface area (Å²) in [4.78, 5) is 10.3. The summed E-state index contributed by atoms with van der Waals surface area (Å²) < 4.78 is 22.4. The molecule has 7 heteroatoms. The maximum absolute atomic E-state index is 10.8. The Labute approximate surface area is 77.5 Å². The molecule has 78 valence electrons. The Morgan fingerprint density at radius 2 is 2.00 bits per heavy atom. The largest absolute Gasteiger partial charge is 0.480 e. The summed E-state index contributed by atoms with van der Waals surface area (Å²) in [7, 11) is -3.90. The SMILES string of the molecule is CC(C)CN(CC(=O)O)S(N)(=O)=O. The highest BCUT2D eigenvalue weighted by atomic mass is 32.2. The fourth-order valence-corrected chi connectivity index (χ4v) is 1.61. The number of hydrogen-bond donors (Lipinski definition) is 2. The van der Waals surface area contributed by atoms with Crippen molar-refractivity contribution in [3.63, 3.8) is 0 Å². The van der Waals surface area contributed by atoms with Gasteiger partial charge < -0.3 is 5.11 Å². The van der Waals surface area contributed by atoms with Crippen LogP contribution < -0.4 is 5.14 Å². The lowest BCUT2D eigenvalue weighted by Crippen LogP contribution is -2.42. The number of carboxylic acids is 1. The van der Waals surface area contributed by atoms with Gasteiger partial charge in [0.2, 0.25) is 0 Å². The lowest BCUT2D eigenvalue weighted by atomic mass is 10.2. The first-order valence-electron chi connectivity index (χ1n) is 3.73. The summed E-state index contributed by atoms with van der Waals surface area (Å²) in [6, 6.07) is 0. The van der Waals surface area contributed by atoms with Gasteiger partial charge in [-0.05, 0) is 5.92 Å². The molecule has 0 fully saturated rings. The van der Waals surface area contributed by atoms with Crippen LogP contribution in [0.5, 0.6) is 0 Å². The fourth-order valence-electron chi connectivity index (χ4n) is 0.817. The molecule has 0 spiro atoms. The van der Waals surface area contributed by atoms with Crippen molar-refractivity contribution in [2.24, 2.45) is 11.1 Å². The molecule has 0 aromatic carbocycles. The minimum Gasteiger partial charge on any atom is -0.480 e. The van der Waals surface area contributed by atoms with Crippen LogP contribution in [0.25, 0.3) is 0 Å². The highest BCUT2D eigenvalue weighted by Gasteiger charge is 2.20. The van der Waals surface area contributed by atoms with E-state index in [1.165, 1.54) is 0 Å². The number of nitrogens with zero attached hydrogens (tertiary/aromatic N) is 1. The van der Waals surface area contributed by atoms with Crippen LogP contribution in [-0.2, 0) is 15.0 Å². The predicted octanol–water partition coefficient (Wildman–Crippen LogP) is -0.767. The molecule has 3 N–H and O–H groups in total. The van der Waals surface area contributed by atoms with E-state index in [0.29, 0.717) is 0 Å². The molecule has 0 bridgehead atoms. The van der Waals surface area contributed by atoms with Crippen molar-refractivity contribution in [1.29, 1.82) is 0 Å². The molecule has 0 aromatic rings. The van der Waals surface area contributed by atoms with Crippen LogP contribution >= 0.6 is 0 Å². The minimum atomic E-state index is -3.90. The smallest absolute Gasteiger partial charge is 0.318 e. The number of rotatable bonds is 5. The number of aliphatic carboxylic acids is 1. The van der Waals surface area contributed by atoms with Gasteiger partial charge in [-0.1, -0.05) is 13.8 Å². The maximum atomic E-state index is 10.8. The molecule has 6 nitrogen and oxygen atoms in total. The minimum absolute atomic E-state index is 0.0395. The van der Waals surface area contributed by atoms with Gasteiger partial charge in [-0.15, -0.1) is 0 Å². The predicted molar refractivity (Wildman–Crippen MR) is 47.2 cm³/mol. The Balaban J connectivity index is 4.47. The zero-order valence-corrected chi connectivity index (χ0v) is 8.41. The van der Waals surface area contributed by atoms with Gasteiger partial charge in [-0.3, -0.25) is 4.79 Å². The molecule has 0 unspecified atom stereocenters. The van der Waals surface area contributed by atoms with E-state index in [-0.39, 0.29) is 12.5 Å². The van der Waals surface area contributed by atoms with Gasteiger partial charge in [0.15, 0.2) is 0 Å². The van der Waals surface area contributed by atoms with Crippen molar-refractivity contribution >= 4 is 16.2 Å². The van der Waals surface area contributed by atoms with Gasteiger partial charge in [0, 0.05) is 6.54 Å². The lowest BCUT2D eigenvalue weighted by molar-refractivity contribution is -0.137. The molecule has 0 radical (unpaired) electrons. The Morgan fingerprint density at radius 3 is 2.23 bits per heavy atom. The third-order valence-corrected chi connectivity index (χ3v) is 2.24. The topological polar surface area (TPSA) is 101 Å². The molecule has 0 heterocycles. The lowest BCUT2D eigenvalue weighted by Gasteiger charge is -2.18. The maximum Gasteiger partial charge on any atom is 0.318 e. The highest BCUT2D eigenvalue weighted by Crippen LogP contribution is 2.01. The van der Waals surface area contributed by atoms with E-state index >= 15 is 0 Å². The first-order valence-corrected chi connectivity index (χ1v) is 5.23.